The first-order valence-corrected chi connectivity index (χ1v) is 8.66. The molecule has 0 saturated carbocycles. The standard InChI is InChI=1S/C20H24N4O2/c1-11(2)18(25)17(21)20(26)24-13-4-5-14(12(3)10-13)15-6-8-22-19-16(15)7-9-23-19/h4-11,17-18,25H,21H2,1-3H3,(H,22,23)(H,24,26)/t17-,18+/m0/s1. The molecule has 0 radical (unpaired) electrons. The van der Waals surface area contributed by atoms with Crippen molar-refractivity contribution in [2.45, 2.75) is 32.9 Å². The summed E-state index contributed by atoms with van der Waals surface area (Å²) >= 11 is 0. The van der Waals surface area contributed by atoms with Crippen LogP contribution in [0.25, 0.3) is 22.2 Å². The number of rotatable bonds is 5. The Labute approximate surface area is 152 Å². The lowest BCUT2D eigenvalue weighted by molar-refractivity contribution is -0.120. The topological polar surface area (TPSA) is 104 Å². The number of nitrogens with zero attached hydrogens (tertiary/aromatic N) is 1. The monoisotopic (exact) mass is 352 g/mol. The number of H-pyrrole nitrogens is 1. The third-order valence-corrected chi connectivity index (χ3v) is 4.60. The van der Waals surface area contributed by atoms with Gasteiger partial charge in [-0.1, -0.05) is 19.9 Å². The molecular weight excluding hydrogens is 328 g/mol. The second kappa shape index (κ2) is 7.27. The van der Waals surface area contributed by atoms with Crippen LogP contribution in [0, 0.1) is 12.8 Å². The van der Waals surface area contributed by atoms with Crippen LogP contribution in [0.2, 0.25) is 0 Å². The van der Waals surface area contributed by atoms with Crippen LogP contribution in [0.1, 0.15) is 19.4 Å². The van der Waals surface area contributed by atoms with Gasteiger partial charge in [0.15, 0.2) is 0 Å². The van der Waals surface area contributed by atoms with E-state index in [-0.39, 0.29) is 5.92 Å². The van der Waals surface area contributed by atoms with Crippen molar-refractivity contribution < 1.29 is 9.90 Å². The third-order valence-electron chi connectivity index (χ3n) is 4.60. The van der Waals surface area contributed by atoms with E-state index in [1.165, 1.54) is 0 Å². The fourth-order valence-electron chi connectivity index (χ4n) is 3.03. The molecule has 0 aliphatic heterocycles. The van der Waals surface area contributed by atoms with Crippen molar-refractivity contribution in [3.8, 4) is 11.1 Å². The van der Waals surface area contributed by atoms with E-state index in [9.17, 15) is 9.90 Å². The number of nitrogens with one attached hydrogen (secondary N) is 2. The molecule has 2 aromatic heterocycles. The van der Waals surface area contributed by atoms with Crippen LogP contribution in [-0.4, -0.2) is 33.1 Å². The van der Waals surface area contributed by atoms with E-state index < -0.39 is 18.1 Å². The number of aliphatic hydroxyl groups excluding tert-OH is 1. The van der Waals surface area contributed by atoms with Crippen LogP contribution < -0.4 is 11.1 Å². The zero-order valence-electron chi connectivity index (χ0n) is 15.2. The average molecular weight is 352 g/mol. The summed E-state index contributed by atoms with van der Waals surface area (Å²) in [6.45, 7) is 5.65. The first-order valence-electron chi connectivity index (χ1n) is 8.66. The summed E-state index contributed by atoms with van der Waals surface area (Å²) in [5.74, 6) is -0.481. The molecule has 0 unspecified atom stereocenters. The molecular formula is C20H24N4O2. The van der Waals surface area contributed by atoms with Gasteiger partial charge < -0.3 is 21.1 Å². The number of aromatic nitrogens is 2. The molecule has 136 valence electrons. The second-order valence-electron chi connectivity index (χ2n) is 6.88. The Bertz CT molecular complexity index is 932. The van der Waals surface area contributed by atoms with E-state index in [0.717, 1.165) is 27.7 Å². The van der Waals surface area contributed by atoms with Crippen molar-refractivity contribution in [2.24, 2.45) is 11.7 Å². The number of carbonyl (C=O) groups excluding carboxylic acids is 1. The highest BCUT2D eigenvalue weighted by molar-refractivity contribution is 5.97. The molecule has 2 heterocycles. The minimum absolute atomic E-state index is 0.0877. The summed E-state index contributed by atoms with van der Waals surface area (Å²) in [6.07, 6.45) is 2.76. The molecule has 2 atom stereocenters. The molecule has 3 rings (SSSR count). The van der Waals surface area contributed by atoms with Gasteiger partial charge in [0.25, 0.3) is 0 Å². The number of amides is 1. The number of fused-ring (bicyclic) bond motifs is 1. The molecule has 3 aromatic rings. The Morgan fingerprint density at radius 2 is 2.00 bits per heavy atom. The summed E-state index contributed by atoms with van der Waals surface area (Å²) < 4.78 is 0. The van der Waals surface area contributed by atoms with Gasteiger partial charge in [-0.05, 0) is 53.8 Å². The molecule has 0 aliphatic carbocycles. The largest absolute Gasteiger partial charge is 0.391 e. The average Bonchev–Trinajstić information content (AvgIpc) is 3.09. The van der Waals surface area contributed by atoms with Crippen molar-refractivity contribution >= 4 is 22.6 Å². The second-order valence-corrected chi connectivity index (χ2v) is 6.88. The molecule has 0 saturated heterocycles. The van der Waals surface area contributed by atoms with E-state index in [4.69, 9.17) is 5.73 Å². The zero-order valence-corrected chi connectivity index (χ0v) is 15.2. The number of aliphatic hydroxyl groups is 1. The van der Waals surface area contributed by atoms with Gasteiger partial charge in [-0.3, -0.25) is 4.79 Å². The maximum absolute atomic E-state index is 12.3. The molecule has 5 N–H and O–H groups in total. The number of aromatic amines is 1. The van der Waals surface area contributed by atoms with Crippen LogP contribution in [-0.2, 0) is 4.79 Å². The van der Waals surface area contributed by atoms with Crippen molar-refractivity contribution in [1.29, 1.82) is 0 Å². The van der Waals surface area contributed by atoms with Crippen LogP contribution in [0.4, 0.5) is 5.69 Å². The molecule has 1 amide bonds. The molecule has 0 spiro atoms. The van der Waals surface area contributed by atoms with Gasteiger partial charge in [-0.15, -0.1) is 0 Å². The Morgan fingerprint density at radius 1 is 1.23 bits per heavy atom. The first-order chi connectivity index (χ1) is 12.4. The molecule has 0 bridgehead atoms. The third kappa shape index (κ3) is 3.47. The molecule has 6 nitrogen and oxygen atoms in total. The van der Waals surface area contributed by atoms with E-state index in [1.54, 1.807) is 6.20 Å². The van der Waals surface area contributed by atoms with Crippen molar-refractivity contribution in [3.63, 3.8) is 0 Å². The molecule has 0 fully saturated rings. The minimum atomic E-state index is -0.963. The number of aryl methyl sites for hydroxylation is 1. The van der Waals surface area contributed by atoms with E-state index in [2.05, 4.69) is 15.3 Å². The Balaban J connectivity index is 1.84. The zero-order chi connectivity index (χ0) is 18.8. The minimum Gasteiger partial charge on any atom is -0.391 e. The van der Waals surface area contributed by atoms with Crippen LogP contribution in [0.5, 0.6) is 0 Å². The van der Waals surface area contributed by atoms with Gasteiger partial charge in [0, 0.05) is 23.5 Å². The maximum Gasteiger partial charge on any atom is 0.243 e. The summed E-state index contributed by atoms with van der Waals surface area (Å²) in [7, 11) is 0. The number of hydrogen-bond donors (Lipinski definition) is 4. The van der Waals surface area contributed by atoms with Crippen molar-refractivity contribution in [2.75, 3.05) is 5.32 Å². The highest BCUT2D eigenvalue weighted by atomic mass is 16.3. The number of benzene rings is 1. The van der Waals surface area contributed by atoms with E-state index in [0.29, 0.717) is 5.69 Å². The number of carbonyl (C=O) groups is 1. The van der Waals surface area contributed by atoms with Gasteiger partial charge in [0.1, 0.15) is 11.7 Å². The SMILES string of the molecule is Cc1cc(NC(=O)[C@@H](N)[C@H](O)C(C)C)ccc1-c1ccnc2[nH]ccc12. The lowest BCUT2D eigenvalue weighted by Crippen LogP contribution is -2.47. The summed E-state index contributed by atoms with van der Waals surface area (Å²) in [6, 6.07) is 8.73. The number of pyridine rings is 1. The highest BCUT2D eigenvalue weighted by Crippen LogP contribution is 2.31. The smallest absolute Gasteiger partial charge is 0.243 e. The van der Waals surface area contributed by atoms with Crippen LogP contribution >= 0.6 is 0 Å². The van der Waals surface area contributed by atoms with Crippen LogP contribution in [0.3, 0.4) is 0 Å². The fraction of sp³-hybridized carbons (Fsp3) is 0.300. The predicted molar refractivity (Wildman–Crippen MR) is 104 cm³/mol. The summed E-state index contributed by atoms with van der Waals surface area (Å²) in [5, 5.41) is 13.8. The van der Waals surface area contributed by atoms with Crippen molar-refractivity contribution in [3.05, 3.63) is 48.3 Å². The van der Waals surface area contributed by atoms with E-state index in [1.807, 2.05) is 57.3 Å². The van der Waals surface area contributed by atoms with Gasteiger partial charge >= 0.3 is 0 Å². The quantitative estimate of drug-likeness (QED) is 0.567. The number of anilines is 1. The predicted octanol–water partition coefficient (Wildman–Crippen LogP) is 2.82. The van der Waals surface area contributed by atoms with E-state index >= 15 is 0 Å². The Hall–Kier alpha value is -2.70. The molecule has 0 aliphatic rings. The van der Waals surface area contributed by atoms with Gasteiger partial charge in [0.05, 0.1) is 6.10 Å². The summed E-state index contributed by atoms with van der Waals surface area (Å²) in [5.41, 5.74) is 10.5. The maximum atomic E-state index is 12.3. The van der Waals surface area contributed by atoms with Gasteiger partial charge in [-0.25, -0.2) is 4.98 Å². The highest BCUT2D eigenvalue weighted by Gasteiger charge is 2.25. The Kier molecular flexibility index (Phi) is 5.06. The molecule has 6 heteroatoms. The Morgan fingerprint density at radius 3 is 2.69 bits per heavy atom. The fourth-order valence-corrected chi connectivity index (χ4v) is 3.03. The lowest BCUT2D eigenvalue weighted by Gasteiger charge is -2.21. The summed E-state index contributed by atoms with van der Waals surface area (Å²) in [4.78, 5) is 19.7. The molecule has 26 heavy (non-hydrogen) atoms. The number of nitrogens with two attached hydrogens (primary N) is 1. The van der Waals surface area contributed by atoms with Crippen molar-refractivity contribution in [1.82, 2.24) is 9.97 Å². The molecule has 1 aromatic carbocycles. The lowest BCUT2D eigenvalue weighted by atomic mass is 9.98. The number of hydrogen-bond acceptors (Lipinski definition) is 4. The van der Waals surface area contributed by atoms with Crippen LogP contribution in [0.15, 0.2) is 42.7 Å². The normalized spacial score (nSPS) is 13.8. The first kappa shape index (κ1) is 18.1. The van der Waals surface area contributed by atoms with Gasteiger partial charge in [0.2, 0.25) is 5.91 Å². The van der Waals surface area contributed by atoms with Gasteiger partial charge in [-0.2, -0.15) is 0 Å².